The van der Waals surface area contributed by atoms with Crippen molar-refractivity contribution in [3.63, 3.8) is 0 Å². The van der Waals surface area contributed by atoms with Crippen LogP contribution in [0.25, 0.3) is 0 Å². The Bertz CT molecular complexity index is 760. The molecule has 2 aromatic rings. The van der Waals surface area contributed by atoms with Crippen LogP contribution < -0.4 is 18.9 Å². The second kappa shape index (κ2) is 6.78. The number of rotatable bonds is 6. The normalized spacial score (nSPS) is 11.0. The van der Waals surface area contributed by atoms with E-state index >= 15 is 0 Å². The maximum atomic E-state index is 12.6. The van der Waals surface area contributed by atoms with Crippen LogP contribution in [-0.2, 0) is 10.0 Å². The molecule has 2 rings (SSSR count). The fourth-order valence-corrected chi connectivity index (χ4v) is 3.14. The molecule has 0 radical (unpaired) electrons. The summed E-state index contributed by atoms with van der Waals surface area (Å²) in [7, 11) is 0.539. The van der Waals surface area contributed by atoms with Crippen LogP contribution in [0, 0.1) is 6.92 Å². The van der Waals surface area contributed by atoms with Crippen molar-refractivity contribution in [1.82, 2.24) is 0 Å². The highest BCUT2D eigenvalue weighted by Gasteiger charge is 2.21. The number of hydrogen-bond donors (Lipinski definition) is 1. The Morgan fingerprint density at radius 2 is 1.39 bits per heavy atom. The number of nitrogens with one attached hydrogen (secondary N) is 1. The molecule has 7 heteroatoms. The molecule has 0 aliphatic heterocycles. The van der Waals surface area contributed by atoms with E-state index in [2.05, 4.69) is 4.72 Å². The van der Waals surface area contributed by atoms with E-state index < -0.39 is 10.0 Å². The van der Waals surface area contributed by atoms with Crippen LogP contribution >= 0.6 is 0 Å². The van der Waals surface area contributed by atoms with E-state index in [0.29, 0.717) is 11.4 Å². The fraction of sp³-hybridized carbons (Fsp3) is 0.250. The summed E-state index contributed by atoms with van der Waals surface area (Å²) in [6.45, 7) is 1.93. The molecule has 0 aliphatic rings. The fourth-order valence-electron chi connectivity index (χ4n) is 2.05. The van der Waals surface area contributed by atoms with Crippen molar-refractivity contribution in [2.75, 3.05) is 26.1 Å². The summed E-state index contributed by atoms with van der Waals surface area (Å²) in [5.41, 5.74) is 1.52. The largest absolute Gasteiger partial charge is 0.493 e. The summed E-state index contributed by atoms with van der Waals surface area (Å²) in [5, 5.41) is 0. The van der Waals surface area contributed by atoms with Gasteiger partial charge < -0.3 is 14.2 Å². The van der Waals surface area contributed by atoms with Crippen LogP contribution in [0.1, 0.15) is 5.56 Å². The van der Waals surface area contributed by atoms with Gasteiger partial charge in [-0.1, -0.05) is 17.7 Å². The van der Waals surface area contributed by atoms with Crippen molar-refractivity contribution < 1.29 is 22.6 Å². The van der Waals surface area contributed by atoms with Gasteiger partial charge in [0, 0.05) is 17.8 Å². The second-order valence-corrected chi connectivity index (χ2v) is 6.51. The minimum Gasteiger partial charge on any atom is -0.493 e. The maximum absolute atomic E-state index is 12.6. The Morgan fingerprint density at radius 3 is 1.83 bits per heavy atom. The Labute approximate surface area is 136 Å². The minimum atomic E-state index is -3.78. The van der Waals surface area contributed by atoms with Gasteiger partial charge in [-0.15, -0.1) is 0 Å². The van der Waals surface area contributed by atoms with Gasteiger partial charge in [-0.05, 0) is 19.1 Å². The lowest BCUT2D eigenvalue weighted by Gasteiger charge is -2.15. The highest BCUT2D eigenvalue weighted by atomic mass is 32.2. The summed E-state index contributed by atoms with van der Waals surface area (Å²) < 4.78 is 43.2. The van der Waals surface area contributed by atoms with E-state index in [-0.39, 0.29) is 16.4 Å². The average Bonchev–Trinajstić information content (AvgIpc) is 2.55. The van der Waals surface area contributed by atoms with Gasteiger partial charge in [-0.3, -0.25) is 4.72 Å². The average molecular weight is 337 g/mol. The zero-order valence-electron chi connectivity index (χ0n) is 13.4. The first-order valence-electron chi connectivity index (χ1n) is 6.80. The lowest BCUT2D eigenvalue weighted by molar-refractivity contribution is 0.323. The van der Waals surface area contributed by atoms with Gasteiger partial charge in [0.1, 0.15) is 0 Å². The van der Waals surface area contributed by atoms with E-state index in [1.807, 2.05) is 19.1 Å². The summed E-state index contributed by atoms with van der Waals surface area (Å²) in [5.74, 6) is 0.886. The Morgan fingerprint density at radius 1 is 0.870 bits per heavy atom. The molecule has 23 heavy (non-hydrogen) atoms. The van der Waals surface area contributed by atoms with Gasteiger partial charge in [0.2, 0.25) is 5.75 Å². The Kier molecular flexibility index (Phi) is 5.00. The number of benzene rings is 2. The zero-order valence-corrected chi connectivity index (χ0v) is 14.2. The number of aryl methyl sites for hydroxylation is 1. The Hall–Kier alpha value is -2.41. The quantitative estimate of drug-likeness (QED) is 0.877. The lowest BCUT2D eigenvalue weighted by atomic mass is 10.2. The summed E-state index contributed by atoms with van der Waals surface area (Å²) in [6.07, 6.45) is 0. The predicted octanol–water partition coefficient (Wildman–Crippen LogP) is 2.82. The van der Waals surface area contributed by atoms with Crippen LogP contribution in [0.2, 0.25) is 0 Å². The number of methoxy groups -OCH3 is 3. The van der Waals surface area contributed by atoms with Gasteiger partial charge in [0.25, 0.3) is 10.0 Å². The van der Waals surface area contributed by atoms with Crippen molar-refractivity contribution in [3.8, 4) is 17.2 Å². The van der Waals surface area contributed by atoms with Crippen molar-refractivity contribution in [2.24, 2.45) is 0 Å². The number of ether oxygens (including phenoxy) is 3. The molecular formula is C16H19NO5S. The monoisotopic (exact) mass is 337 g/mol. The second-order valence-electron chi connectivity index (χ2n) is 4.83. The van der Waals surface area contributed by atoms with Crippen LogP contribution in [-0.4, -0.2) is 29.7 Å². The van der Waals surface area contributed by atoms with Gasteiger partial charge in [-0.2, -0.15) is 0 Å². The molecule has 0 fully saturated rings. The molecule has 0 aliphatic carbocycles. The molecule has 1 N–H and O–H groups in total. The Balaban J connectivity index is 2.44. The van der Waals surface area contributed by atoms with Crippen molar-refractivity contribution in [1.29, 1.82) is 0 Å². The predicted molar refractivity (Wildman–Crippen MR) is 88.1 cm³/mol. The molecular weight excluding hydrogens is 318 g/mol. The first-order chi connectivity index (χ1) is 10.9. The highest BCUT2D eigenvalue weighted by Crippen LogP contribution is 2.39. The molecule has 124 valence electrons. The third-order valence-corrected chi connectivity index (χ3v) is 4.61. The van der Waals surface area contributed by atoms with E-state index in [1.54, 1.807) is 12.1 Å². The number of hydrogen-bond acceptors (Lipinski definition) is 5. The molecule has 0 bridgehead atoms. The minimum absolute atomic E-state index is 0.0209. The SMILES string of the molecule is COc1cc(S(=O)(=O)Nc2ccc(C)cc2)cc(OC)c1OC. The third kappa shape index (κ3) is 3.68. The summed E-state index contributed by atoms with van der Waals surface area (Å²) in [6, 6.07) is 9.82. The molecule has 0 saturated carbocycles. The maximum Gasteiger partial charge on any atom is 0.262 e. The standard InChI is InChI=1S/C16H19NO5S/c1-11-5-7-12(8-6-11)17-23(18,19)13-9-14(20-2)16(22-4)15(10-13)21-3/h5-10,17H,1-4H3. The molecule has 6 nitrogen and oxygen atoms in total. The highest BCUT2D eigenvalue weighted by molar-refractivity contribution is 7.92. The van der Waals surface area contributed by atoms with Crippen molar-refractivity contribution in [2.45, 2.75) is 11.8 Å². The first kappa shape index (κ1) is 17.0. The molecule has 0 aromatic heterocycles. The molecule has 0 unspecified atom stereocenters. The van der Waals surface area contributed by atoms with Crippen LogP contribution in [0.3, 0.4) is 0 Å². The van der Waals surface area contributed by atoms with Gasteiger partial charge in [-0.25, -0.2) is 8.42 Å². The molecule has 0 spiro atoms. The first-order valence-corrected chi connectivity index (χ1v) is 8.29. The van der Waals surface area contributed by atoms with E-state index in [4.69, 9.17) is 14.2 Å². The molecule has 2 aromatic carbocycles. The summed E-state index contributed by atoms with van der Waals surface area (Å²) in [4.78, 5) is 0.0209. The van der Waals surface area contributed by atoms with E-state index in [1.165, 1.54) is 33.5 Å². The molecule has 0 saturated heterocycles. The lowest BCUT2D eigenvalue weighted by Crippen LogP contribution is -2.13. The van der Waals surface area contributed by atoms with Gasteiger partial charge >= 0.3 is 0 Å². The molecule has 0 atom stereocenters. The summed E-state index contributed by atoms with van der Waals surface area (Å²) >= 11 is 0. The smallest absolute Gasteiger partial charge is 0.262 e. The zero-order chi connectivity index (χ0) is 17.0. The van der Waals surface area contributed by atoms with Crippen molar-refractivity contribution in [3.05, 3.63) is 42.0 Å². The van der Waals surface area contributed by atoms with Gasteiger partial charge in [0.05, 0.1) is 26.2 Å². The van der Waals surface area contributed by atoms with Crippen LogP contribution in [0.4, 0.5) is 5.69 Å². The van der Waals surface area contributed by atoms with Crippen LogP contribution in [0.5, 0.6) is 17.2 Å². The molecule has 0 amide bonds. The third-order valence-electron chi connectivity index (χ3n) is 3.25. The number of anilines is 1. The molecule has 0 heterocycles. The van der Waals surface area contributed by atoms with Gasteiger partial charge in [0.15, 0.2) is 11.5 Å². The van der Waals surface area contributed by atoms with E-state index in [0.717, 1.165) is 5.56 Å². The van der Waals surface area contributed by atoms with E-state index in [9.17, 15) is 8.42 Å². The van der Waals surface area contributed by atoms with Crippen LogP contribution in [0.15, 0.2) is 41.3 Å². The van der Waals surface area contributed by atoms with Crippen molar-refractivity contribution >= 4 is 15.7 Å². The topological polar surface area (TPSA) is 73.9 Å². The number of sulfonamides is 1.